The zero-order valence-electron chi connectivity index (χ0n) is 18.5. The van der Waals surface area contributed by atoms with E-state index >= 15 is 0 Å². The first-order chi connectivity index (χ1) is 15.1. The highest BCUT2D eigenvalue weighted by atomic mass is 19.1. The minimum atomic E-state index is -0.231. The van der Waals surface area contributed by atoms with E-state index in [1.54, 1.807) is 6.92 Å². The molecule has 1 fully saturated rings. The predicted molar refractivity (Wildman–Crippen MR) is 126 cm³/mol. The number of fused-ring (bicyclic) bond motifs is 2. The van der Waals surface area contributed by atoms with Gasteiger partial charge in [-0.15, -0.1) is 0 Å². The third kappa shape index (κ3) is 4.30. The highest BCUT2D eigenvalue weighted by molar-refractivity contribution is 5.96. The van der Waals surface area contributed by atoms with Gasteiger partial charge in [-0.05, 0) is 54.2 Å². The number of anilines is 1. The summed E-state index contributed by atoms with van der Waals surface area (Å²) >= 11 is 0. The number of halogens is 1. The van der Waals surface area contributed by atoms with Gasteiger partial charge in [0, 0.05) is 57.2 Å². The Labute approximate surface area is 184 Å². The third-order valence-corrected chi connectivity index (χ3v) is 6.29. The average Bonchev–Trinajstić information content (AvgIpc) is 3.39. The average molecular weight is 425 g/mol. The number of benzene rings is 2. The van der Waals surface area contributed by atoms with Gasteiger partial charge < -0.3 is 14.9 Å². The summed E-state index contributed by atoms with van der Waals surface area (Å²) < 4.78 is 13.5. The summed E-state index contributed by atoms with van der Waals surface area (Å²) in [5.74, 6) is 0.520. The number of nitrogens with one attached hydrogen (secondary N) is 2. The number of piperidine rings is 1. The van der Waals surface area contributed by atoms with Crippen molar-refractivity contribution < 1.29 is 10.6 Å². The standard InChI is InChI=1S/C23H25FN4O.C2H6.H2/c1-15(29)27-8-6-16(7-9-27)14-28-23-10-17(2-3-18(23)12-26-28)21-13-25-22-11-19(24)4-5-20(21)22;1-2;/h2-5,10-11,13,16,25-26H,6-9,12,14H2,1H3;1-2H3;1H. The van der Waals surface area contributed by atoms with Crippen molar-refractivity contribution in [2.75, 3.05) is 24.6 Å². The van der Waals surface area contributed by atoms with E-state index < -0.39 is 0 Å². The number of carbonyl (C=O) groups is 1. The molecule has 3 heterocycles. The van der Waals surface area contributed by atoms with Gasteiger partial charge in [0.1, 0.15) is 5.82 Å². The molecule has 0 saturated carbocycles. The first-order valence-corrected chi connectivity index (χ1v) is 11.2. The molecule has 5 rings (SSSR count). The molecule has 1 aromatic heterocycles. The summed E-state index contributed by atoms with van der Waals surface area (Å²) in [7, 11) is 0. The molecule has 1 amide bonds. The molecule has 0 aliphatic carbocycles. The lowest BCUT2D eigenvalue weighted by atomic mass is 9.96. The Kier molecular flexibility index (Phi) is 6.28. The summed E-state index contributed by atoms with van der Waals surface area (Å²) in [6.07, 6.45) is 4.04. The van der Waals surface area contributed by atoms with Gasteiger partial charge >= 0.3 is 0 Å². The molecule has 1 saturated heterocycles. The fourth-order valence-electron chi connectivity index (χ4n) is 4.59. The maximum atomic E-state index is 13.5. The molecule has 0 unspecified atom stereocenters. The predicted octanol–water partition coefficient (Wildman–Crippen LogP) is 5.33. The van der Waals surface area contributed by atoms with E-state index in [0.717, 1.165) is 61.1 Å². The second kappa shape index (κ2) is 9.10. The van der Waals surface area contributed by atoms with Gasteiger partial charge in [0.15, 0.2) is 0 Å². The number of aromatic nitrogens is 1. The van der Waals surface area contributed by atoms with Gasteiger partial charge in [0.25, 0.3) is 0 Å². The fraction of sp³-hybridized carbons (Fsp3) is 0.400. The number of hydrazine groups is 1. The van der Waals surface area contributed by atoms with E-state index in [2.05, 4.69) is 33.6 Å². The number of amides is 1. The van der Waals surface area contributed by atoms with Crippen LogP contribution in [-0.2, 0) is 11.3 Å². The topological polar surface area (TPSA) is 51.4 Å². The molecule has 3 aromatic rings. The Balaban J connectivity index is 0.000000938. The number of rotatable bonds is 3. The Morgan fingerprint density at radius 2 is 1.94 bits per heavy atom. The molecule has 2 aliphatic rings. The van der Waals surface area contributed by atoms with Crippen LogP contribution in [0.5, 0.6) is 0 Å². The maximum Gasteiger partial charge on any atom is 0.219 e. The molecule has 2 N–H and O–H groups in total. The highest BCUT2D eigenvalue weighted by Gasteiger charge is 2.26. The van der Waals surface area contributed by atoms with Crippen molar-refractivity contribution in [2.24, 2.45) is 5.92 Å². The van der Waals surface area contributed by atoms with Gasteiger partial charge in [-0.25, -0.2) is 9.82 Å². The third-order valence-electron chi connectivity index (χ3n) is 6.29. The van der Waals surface area contributed by atoms with Crippen molar-refractivity contribution in [1.82, 2.24) is 15.3 Å². The van der Waals surface area contributed by atoms with E-state index in [9.17, 15) is 9.18 Å². The summed E-state index contributed by atoms with van der Waals surface area (Å²) in [6.45, 7) is 9.14. The number of carbonyl (C=O) groups excluding carboxylic acids is 1. The zero-order chi connectivity index (χ0) is 22.0. The molecule has 0 atom stereocenters. The fourth-order valence-corrected chi connectivity index (χ4v) is 4.59. The van der Waals surface area contributed by atoms with Gasteiger partial charge in [-0.2, -0.15) is 0 Å². The quantitative estimate of drug-likeness (QED) is 0.598. The normalized spacial score (nSPS) is 16.3. The molecule has 31 heavy (non-hydrogen) atoms. The number of aromatic amines is 1. The Hall–Kier alpha value is -2.86. The van der Waals surface area contributed by atoms with Crippen molar-refractivity contribution >= 4 is 22.5 Å². The van der Waals surface area contributed by atoms with E-state index in [-0.39, 0.29) is 13.2 Å². The van der Waals surface area contributed by atoms with Crippen LogP contribution in [0.15, 0.2) is 42.6 Å². The van der Waals surface area contributed by atoms with Crippen molar-refractivity contribution in [1.29, 1.82) is 0 Å². The van der Waals surface area contributed by atoms with Crippen molar-refractivity contribution in [3.8, 4) is 11.1 Å². The molecule has 0 radical (unpaired) electrons. The van der Waals surface area contributed by atoms with Crippen molar-refractivity contribution in [2.45, 2.75) is 40.2 Å². The van der Waals surface area contributed by atoms with Gasteiger partial charge in [-0.1, -0.05) is 26.0 Å². The van der Waals surface area contributed by atoms with Crippen LogP contribution in [-0.4, -0.2) is 35.4 Å². The van der Waals surface area contributed by atoms with Crippen LogP contribution < -0.4 is 10.4 Å². The van der Waals surface area contributed by atoms with Crippen LogP contribution in [0.2, 0.25) is 0 Å². The SMILES string of the molecule is CC.CC(=O)N1CCC(CN2NCc3ccc(-c4c[nH]c5cc(F)ccc45)cc32)CC1.[HH]. The lowest BCUT2D eigenvalue weighted by Gasteiger charge is -2.34. The second-order valence-corrected chi connectivity index (χ2v) is 8.13. The Bertz CT molecular complexity index is 1070. The number of likely N-dealkylation sites (tertiary alicyclic amines) is 1. The highest BCUT2D eigenvalue weighted by Crippen LogP contribution is 2.35. The molecular formula is C25H33FN4O. The van der Waals surface area contributed by atoms with E-state index in [1.807, 2.05) is 31.0 Å². The number of hydrogen-bond acceptors (Lipinski definition) is 3. The minimum Gasteiger partial charge on any atom is -0.360 e. The maximum absolute atomic E-state index is 13.5. The van der Waals surface area contributed by atoms with Gasteiger partial charge in [0.2, 0.25) is 5.91 Å². The molecular weight excluding hydrogens is 391 g/mol. The number of nitrogens with zero attached hydrogens (tertiary/aromatic N) is 2. The Morgan fingerprint density at radius 1 is 1.16 bits per heavy atom. The molecule has 5 nitrogen and oxygen atoms in total. The molecule has 2 aromatic carbocycles. The summed E-state index contributed by atoms with van der Waals surface area (Å²) in [6, 6.07) is 11.4. The van der Waals surface area contributed by atoms with Crippen LogP contribution >= 0.6 is 0 Å². The minimum absolute atomic E-state index is 0. The number of hydrogen-bond donors (Lipinski definition) is 2. The van der Waals surface area contributed by atoms with Crippen LogP contribution in [0.3, 0.4) is 0 Å². The van der Waals surface area contributed by atoms with Crippen molar-refractivity contribution in [3.63, 3.8) is 0 Å². The zero-order valence-corrected chi connectivity index (χ0v) is 18.5. The monoisotopic (exact) mass is 424 g/mol. The summed E-state index contributed by atoms with van der Waals surface area (Å²) in [5, 5.41) is 3.29. The van der Waals surface area contributed by atoms with Crippen molar-refractivity contribution in [3.05, 3.63) is 54.0 Å². The van der Waals surface area contributed by atoms with E-state index in [1.165, 1.54) is 23.4 Å². The lowest BCUT2D eigenvalue weighted by Crippen LogP contribution is -2.43. The molecule has 0 spiro atoms. The first kappa shape index (κ1) is 21.4. The van der Waals surface area contributed by atoms with Gasteiger partial charge in [0.05, 0.1) is 5.69 Å². The van der Waals surface area contributed by atoms with E-state index in [0.29, 0.717) is 5.92 Å². The van der Waals surface area contributed by atoms with Crippen LogP contribution in [0.4, 0.5) is 10.1 Å². The molecule has 0 bridgehead atoms. The summed E-state index contributed by atoms with van der Waals surface area (Å²) in [4.78, 5) is 16.7. The van der Waals surface area contributed by atoms with Crippen LogP contribution in [0.1, 0.15) is 40.6 Å². The lowest BCUT2D eigenvalue weighted by molar-refractivity contribution is -0.130. The Morgan fingerprint density at radius 3 is 2.68 bits per heavy atom. The van der Waals surface area contributed by atoms with E-state index in [4.69, 9.17) is 0 Å². The molecule has 2 aliphatic heterocycles. The molecule has 6 heteroatoms. The first-order valence-electron chi connectivity index (χ1n) is 11.2. The van der Waals surface area contributed by atoms with Crippen LogP contribution in [0, 0.1) is 11.7 Å². The largest absolute Gasteiger partial charge is 0.360 e. The number of H-pyrrole nitrogens is 1. The molecule has 166 valence electrons. The van der Waals surface area contributed by atoms with Gasteiger partial charge in [-0.3, -0.25) is 4.79 Å². The smallest absolute Gasteiger partial charge is 0.219 e. The second-order valence-electron chi connectivity index (χ2n) is 8.13. The van der Waals surface area contributed by atoms with Crippen LogP contribution in [0.25, 0.3) is 22.0 Å². The summed E-state index contributed by atoms with van der Waals surface area (Å²) in [5.41, 5.74) is 9.05.